The van der Waals surface area contributed by atoms with Crippen LogP contribution < -0.4 is 15.0 Å². The van der Waals surface area contributed by atoms with Crippen molar-refractivity contribution in [2.75, 3.05) is 23.3 Å². The van der Waals surface area contributed by atoms with Crippen molar-refractivity contribution < 1.29 is 13.9 Å². The minimum absolute atomic E-state index is 0.263. The molecular weight excluding hydrogens is 340 g/mol. The molecule has 0 spiro atoms. The van der Waals surface area contributed by atoms with Crippen LogP contribution in [0.5, 0.6) is 5.75 Å². The van der Waals surface area contributed by atoms with E-state index >= 15 is 0 Å². The van der Waals surface area contributed by atoms with E-state index in [1.54, 1.807) is 6.07 Å². The highest BCUT2D eigenvalue weighted by atomic mass is 16.5. The zero-order chi connectivity index (χ0) is 19.1. The minimum atomic E-state index is -0.290. The van der Waals surface area contributed by atoms with Crippen molar-refractivity contribution in [2.45, 2.75) is 20.5 Å². The lowest BCUT2D eigenvalue weighted by Crippen LogP contribution is -2.21. The summed E-state index contributed by atoms with van der Waals surface area (Å²) in [5.74, 6) is 0.720. The number of carbonyl (C=O) groups is 1. The Bertz CT molecular complexity index is 853. The quantitative estimate of drug-likeness (QED) is 0.614. The highest BCUT2D eigenvalue weighted by Gasteiger charge is 2.16. The Morgan fingerprint density at radius 2 is 1.70 bits per heavy atom. The van der Waals surface area contributed by atoms with Gasteiger partial charge >= 0.3 is 0 Å². The second kappa shape index (κ2) is 8.94. The molecule has 0 unspecified atom stereocenters. The number of carbonyl (C=O) groups excluding carboxylic acids is 1. The van der Waals surface area contributed by atoms with E-state index in [0.29, 0.717) is 5.56 Å². The van der Waals surface area contributed by atoms with Crippen LogP contribution in [0.25, 0.3) is 0 Å². The predicted octanol–water partition coefficient (Wildman–Crippen LogP) is 4.96. The van der Waals surface area contributed by atoms with Crippen molar-refractivity contribution in [3.8, 4) is 5.75 Å². The summed E-state index contributed by atoms with van der Waals surface area (Å²) in [6.45, 7) is 6.40. The van der Waals surface area contributed by atoms with Crippen molar-refractivity contribution in [1.82, 2.24) is 0 Å². The summed E-state index contributed by atoms with van der Waals surface area (Å²) in [4.78, 5) is 14.8. The smallest absolute Gasteiger partial charge is 0.291 e. The van der Waals surface area contributed by atoms with Crippen LogP contribution in [-0.4, -0.2) is 19.0 Å². The molecule has 0 aliphatic heterocycles. The van der Waals surface area contributed by atoms with E-state index in [1.165, 1.54) is 6.26 Å². The summed E-state index contributed by atoms with van der Waals surface area (Å²) < 4.78 is 11.1. The van der Waals surface area contributed by atoms with E-state index in [0.717, 1.165) is 30.2 Å². The first-order chi connectivity index (χ1) is 13.2. The molecule has 0 aliphatic carbocycles. The van der Waals surface area contributed by atoms with Crippen molar-refractivity contribution >= 4 is 17.3 Å². The molecule has 140 valence electrons. The number of hydrogen-bond acceptors (Lipinski definition) is 4. The summed E-state index contributed by atoms with van der Waals surface area (Å²) in [5.41, 5.74) is 2.56. The van der Waals surface area contributed by atoms with E-state index in [2.05, 4.69) is 24.1 Å². The van der Waals surface area contributed by atoms with Crippen molar-refractivity contribution in [3.63, 3.8) is 0 Å². The highest BCUT2D eigenvalue weighted by Crippen LogP contribution is 2.20. The van der Waals surface area contributed by atoms with Crippen LogP contribution >= 0.6 is 0 Å². The van der Waals surface area contributed by atoms with Gasteiger partial charge in [-0.2, -0.15) is 0 Å². The molecule has 0 saturated carbocycles. The van der Waals surface area contributed by atoms with Gasteiger partial charge in [-0.1, -0.05) is 18.2 Å². The van der Waals surface area contributed by atoms with Gasteiger partial charge in [-0.05, 0) is 56.3 Å². The van der Waals surface area contributed by atoms with E-state index in [1.807, 2.05) is 54.6 Å². The third kappa shape index (κ3) is 4.70. The zero-order valence-corrected chi connectivity index (χ0v) is 15.6. The maximum absolute atomic E-state index is 12.6. The molecule has 0 saturated heterocycles. The van der Waals surface area contributed by atoms with Crippen molar-refractivity contribution in [1.29, 1.82) is 0 Å². The molecule has 27 heavy (non-hydrogen) atoms. The molecule has 1 amide bonds. The van der Waals surface area contributed by atoms with Crippen molar-refractivity contribution in [3.05, 3.63) is 78.3 Å². The molecule has 5 nitrogen and oxygen atoms in total. The van der Waals surface area contributed by atoms with Gasteiger partial charge in [-0.3, -0.25) is 4.79 Å². The summed E-state index contributed by atoms with van der Waals surface area (Å²) in [7, 11) is 0. The molecule has 2 aromatic carbocycles. The number of benzene rings is 2. The van der Waals surface area contributed by atoms with Gasteiger partial charge < -0.3 is 19.4 Å². The Morgan fingerprint density at radius 1 is 1.00 bits per heavy atom. The van der Waals surface area contributed by atoms with E-state index < -0.39 is 0 Å². The van der Waals surface area contributed by atoms with Gasteiger partial charge in [0.25, 0.3) is 5.91 Å². The van der Waals surface area contributed by atoms with Crippen molar-refractivity contribution in [2.24, 2.45) is 0 Å². The SMILES string of the molecule is CCN(CC)c1ccc(NC(=O)c2occc2COc2ccccc2)cc1. The Labute approximate surface area is 159 Å². The molecule has 0 bridgehead atoms. The van der Waals surface area contributed by atoms with E-state index in [-0.39, 0.29) is 18.3 Å². The topological polar surface area (TPSA) is 54.7 Å². The van der Waals surface area contributed by atoms with Crippen LogP contribution in [0.4, 0.5) is 11.4 Å². The van der Waals surface area contributed by atoms with Crippen LogP contribution in [0.3, 0.4) is 0 Å². The van der Waals surface area contributed by atoms with Crippen LogP contribution in [0, 0.1) is 0 Å². The molecule has 0 aliphatic rings. The third-order valence-corrected chi connectivity index (χ3v) is 4.34. The Hall–Kier alpha value is -3.21. The molecule has 0 radical (unpaired) electrons. The van der Waals surface area contributed by atoms with Crippen LogP contribution in [0.15, 0.2) is 71.3 Å². The lowest BCUT2D eigenvalue weighted by Gasteiger charge is -2.21. The molecule has 3 aromatic rings. The first-order valence-corrected chi connectivity index (χ1v) is 9.11. The second-order valence-electron chi connectivity index (χ2n) is 6.05. The highest BCUT2D eigenvalue weighted by molar-refractivity contribution is 6.03. The number of anilines is 2. The lowest BCUT2D eigenvalue weighted by molar-refractivity contribution is 0.0993. The molecular formula is C22H24N2O3. The molecule has 1 aromatic heterocycles. The predicted molar refractivity (Wildman–Crippen MR) is 107 cm³/mol. The monoisotopic (exact) mass is 364 g/mol. The Morgan fingerprint density at radius 3 is 2.37 bits per heavy atom. The standard InChI is InChI=1S/C22H24N2O3/c1-3-24(4-2)19-12-10-18(11-13-19)23-22(25)21-17(14-15-26-21)16-27-20-8-6-5-7-9-20/h5-15H,3-4,16H2,1-2H3,(H,23,25). The van der Waals surface area contributed by atoms with E-state index in [9.17, 15) is 4.79 Å². The first kappa shape index (κ1) is 18.6. The Balaban J connectivity index is 1.64. The number of para-hydroxylation sites is 1. The fraction of sp³-hybridized carbons (Fsp3) is 0.227. The van der Waals surface area contributed by atoms with Crippen LogP contribution in [-0.2, 0) is 6.61 Å². The Kier molecular flexibility index (Phi) is 6.15. The summed E-state index contributed by atoms with van der Waals surface area (Å²) in [6.07, 6.45) is 1.50. The number of ether oxygens (including phenoxy) is 1. The summed E-state index contributed by atoms with van der Waals surface area (Å²) >= 11 is 0. The van der Waals surface area contributed by atoms with Gasteiger partial charge in [0.05, 0.1) is 6.26 Å². The fourth-order valence-electron chi connectivity index (χ4n) is 2.86. The van der Waals surface area contributed by atoms with Crippen LogP contribution in [0.1, 0.15) is 30.0 Å². The minimum Gasteiger partial charge on any atom is -0.489 e. The van der Waals surface area contributed by atoms with Gasteiger partial charge in [-0.15, -0.1) is 0 Å². The first-order valence-electron chi connectivity index (χ1n) is 9.11. The third-order valence-electron chi connectivity index (χ3n) is 4.34. The number of nitrogens with one attached hydrogen (secondary N) is 1. The largest absolute Gasteiger partial charge is 0.489 e. The molecule has 5 heteroatoms. The zero-order valence-electron chi connectivity index (χ0n) is 15.6. The molecule has 0 fully saturated rings. The maximum Gasteiger partial charge on any atom is 0.291 e. The number of nitrogens with zero attached hydrogens (tertiary/aromatic N) is 1. The number of furan rings is 1. The maximum atomic E-state index is 12.6. The average molecular weight is 364 g/mol. The summed E-state index contributed by atoms with van der Waals surface area (Å²) in [5, 5.41) is 2.88. The van der Waals surface area contributed by atoms with Gasteiger partial charge in [0.15, 0.2) is 5.76 Å². The molecule has 1 heterocycles. The molecule has 0 atom stereocenters. The van der Waals surface area contributed by atoms with Crippen LogP contribution in [0.2, 0.25) is 0 Å². The fourth-order valence-corrected chi connectivity index (χ4v) is 2.86. The molecule has 1 N–H and O–H groups in total. The van der Waals surface area contributed by atoms with Gasteiger partial charge in [0.1, 0.15) is 12.4 Å². The van der Waals surface area contributed by atoms with Gasteiger partial charge in [0.2, 0.25) is 0 Å². The normalized spacial score (nSPS) is 10.4. The number of hydrogen-bond donors (Lipinski definition) is 1. The lowest BCUT2D eigenvalue weighted by atomic mass is 10.2. The number of amides is 1. The van der Waals surface area contributed by atoms with E-state index in [4.69, 9.17) is 9.15 Å². The molecule has 3 rings (SSSR count). The summed E-state index contributed by atoms with van der Waals surface area (Å²) in [6, 6.07) is 19.0. The average Bonchev–Trinajstić information content (AvgIpc) is 3.18. The second-order valence-corrected chi connectivity index (χ2v) is 6.05. The van der Waals surface area contributed by atoms with Gasteiger partial charge in [0, 0.05) is 30.0 Å². The van der Waals surface area contributed by atoms with Gasteiger partial charge in [-0.25, -0.2) is 0 Å². The number of rotatable bonds is 8.